The normalized spacial score (nSPS) is 11.3. The minimum absolute atomic E-state index is 0.139. The molecule has 0 radical (unpaired) electrons. The quantitative estimate of drug-likeness (QED) is 0.143. The second kappa shape index (κ2) is 16.7. The van der Waals surface area contributed by atoms with Gasteiger partial charge in [-0.2, -0.15) is 0 Å². The van der Waals surface area contributed by atoms with Gasteiger partial charge in [-0.1, -0.05) is 84.1 Å². The van der Waals surface area contributed by atoms with Gasteiger partial charge in [-0.3, -0.25) is 9.79 Å². The maximum atomic E-state index is 12.7. The van der Waals surface area contributed by atoms with Crippen LogP contribution >= 0.6 is 7.82 Å². The van der Waals surface area contributed by atoms with E-state index in [0.717, 1.165) is 57.8 Å². The van der Waals surface area contributed by atoms with Crippen LogP contribution in [-0.2, 0) is 14.0 Å². The summed E-state index contributed by atoms with van der Waals surface area (Å²) in [5, 5.41) is 0. The highest BCUT2D eigenvalue weighted by atomic mass is 31.2. The van der Waals surface area contributed by atoms with Crippen LogP contribution in [0.5, 0.6) is 5.75 Å². The fraction of sp³-hybridized carbons (Fsp3) is 0.667. The summed E-state index contributed by atoms with van der Waals surface area (Å²) in [6, 6.07) is 3.94. The lowest BCUT2D eigenvalue weighted by Gasteiger charge is -2.15. The molecule has 8 nitrogen and oxygen atoms in total. The molecule has 0 saturated heterocycles. The van der Waals surface area contributed by atoms with E-state index in [-0.39, 0.29) is 24.3 Å². The predicted molar refractivity (Wildman–Crippen MR) is 126 cm³/mol. The highest BCUT2D eigenvalue weighted by molar-refractivity contribution is 7.46. The Balaban J connectivity index is 2.78. The molecule has 188 valence electrons. The highest BCUT2D eigenvalue weighted by Gasteiger charge is 2.28. The third kappa shape index (κ3) is 12.8. The van der Waals surface area contributed by atoms with Crippen molar-refractivity contribution in [1.82, 2.24) is 0 Å². The summed E-state index contributed by atoms with van der Waals surface area (Å²) in [5.41, 5.74) is -0.473. The average molecular weight is 487 g/mol. The zero-order valence-corrected chi connectivity index (χ0v) is 20.8. The van der Waals surface area contributed by atoms with Crippen molar-refractivity contribution in [1.29, 1.82) is 0 Å². The van der Waals surface area contributed by atoms with Crippen LogP contribution in [0, 0.1) is 0 Å². The summed E-state index contributed by atoms with van der Waals surface area (Å²) < 4.78 is 26.6. The second-order valence-corrected chi connectivity index (χ2v) is 9.23. The molecule has 0 spiro atoms. The van der Waals surface area contributed by atoms with Crippen LogP contribution in [0.4, 0.5) is 0 Å². The highest BCUT2D eigenvalue weighted by Crippen LogP contribution is 2.40. The van der Waals surface area contributed by atoms with Crippen LogP contribution in [0.3, 0.4) is 0 Å². The Morgan fingerprint density at radius 3 is 1.76 bits per heavy atom. The molecule has 0 heterocycles. The Bertz CT molecular complexity index is 759. The van der Waals surface area contributed by atoms with Gasteiger partial charge in [0.25, 0.3) is 0 Å². The molecule has 0 aromatic heterocycles. The Hall–Kier alpha value is -1.89. The maximum Gasteiger partial charge on any atom is 0.524 e. The summed E-state index contributed by atoms with van der Waals surface area (Å²) in [7, 11) is -4.95. The molecule has 2 N–H and O–H groups in total. The van der Waals surface area contributed by atoms with Crippen LogP contribution in [0.2, 0.25) is 0 Å². The number of phosphoric ester groups is 1. The van der Waals surface area contributed by atoms with Gasteiger partial charge in [0.1, 0.15) is 11.3 Å². The van der Waals surface area contributed by atoms with Gasteiger partial charge in [0.05, 0.1) is 18.8 Å². The molecule has 33 heavy (non-hydrogen) atoms. The molecule has 0 saturated carbocycles. The van der Waals surface area contributed by atoms with Crippen molar-refractivity contribution < 1.29 is 37.9 Å². The molecule has 0 bridgehead atoms. The average Bonchev–Trinajstić information content (AvgIpc) is 2.76. The topological polar surface area (TPSA) is 119 Å². The lowest BCUT2D eigenvalue weighted by atomic mass is 10.1. The minimum atomic E-state index is -4.95. The summed E-state index contributed by atoms with van der Waals surface area (Å²) in [6.07, 6.45) is 12.2. The number of hydrogen-bond acceptors (Lipinski definition) is 6. The molecular weight excluding hydrogens is 447 g/mol. The smallest absolute Gasteiger partial charge is 0.462 e. The van der Waals surface area contributed by atoms with Gasteiger partial charge in [0.2, 0.25) is 0 Å². The van der Waals surface area contributed by atoms with Crippen molar-refractivity contribution in [3.63, 3.8) is 0 Å². The SMILES string of the molecule is CCCCCCCCOC(=O)c1cccc(OP(=O)(O)O)c1C(=O)OCCCCCCCC. The molecule has 0 fully saturated rings. The number of hydrogen-bond donors (Lipinski definition) is 2. The number of unbranched alkanes of at least 4 members (excludes halogenated alkanes) is 10. The summed E-state index contributed by atoms with van der Waals surface area (Å²) in [6.45, 7) is 4.61. The fourth-order valence-electron chi connectivity index (χ4n) is 3.36. The first-order chi connectivity index (χ1) is 15.8. The minimum Gasteiger partial charge on any atom is -0.462 e. The van der Waals surface area contributed by atoms with Crippen molar-refractivity contribution >= 4 is 19.8 Å². The standard InChI is InChI=1S/C24H39O8P/c1-3-5-7-9-11-13-18-30-23(25)20-16-15-17-21(32-33(27,28)29)22(20)24(26)31-19-14-12-10-8-6-4-2/h15-17H,3-14,18-19H2,1-2H3,(H2,27,28,29). The monoisotopic (exact) mass is 486 g/mol. The maximum absolute atomic E-state index is 12.7. The largest absolute Gasteiger partial charge is 0.524 e. The van der Waals surface area contributed by atoms with E-state index in [1.807, 2.05) is 0 Å². The number of esters is 2. The van der Waals surface area contributed by atoms with Gasteiger partial charge in [0, 0.05) is 0 Å². The Morgan fingerprint density at radius 1 is 0.758 bits per heavy atom. The summed E-state index contributed by atoms with van der Waals surface area (Å²) in [5.74, 6) is -2.05. The molecular formula is C24H39O8P. The molecule has 0 aliphatic carbocycles. The third-order valence-corrected chi connectivity index (χ3v) is 5.56. The van der Waals surface area contributed by atoms with E-state index in [9.17, 15) is 23.9 Å². The van der Waals surface area contributed by atoms with Crippen LogP contribution in [-0.4, -0.2) is 34.9 Å². The number of phosphoric acid groups is 1. The van der Waals surface area contributed by atoms with E-state index < -0.39 is 25.5 Å². The van der Waals surface area contributed by atoms with Crippen molar-refractivity contribution in [3.8, 4) is 5.75 Å². The van der Waals surface area contributed by atoms with E-state index in [1.165, 1.54) is 24.6 Å². The second-order valence-electron chi connectivity index (χ2n) is 8.07. The van der Waals surface area contributed by atoms with Gasteiger partial charge in [-0.05, 0) is 25.0 Å². The lowest BCUT2D eigenvalue weighted by Crippen LogP contribution is -2.16. The zero-order chi connectivity index (χ0) is 24.5. The number of carbonyl (C=O) groups is 2. The molecule has 1 aromatic rings. The van der Waals surface area contributed by atoms with Crippen molar-refractivity contribution in [2.75, 3.05) is 13.2 Å². The van der Waals surface area contributed by atoms with Crippen LogP contribution in [0.25, 0.3) is 0 Å². The van der Waals surface area contributed by atoms with Gasteiger partial charge in [0.15, 0.2) is 0 Å². The molecule has 0 amide bonds. The van der Waals surface area contributed by atoms with Crippen molar-refractivity contribution in [2.24, 2.45) is 0 Å². The Kier molecular flexibility index (Phi) is 14.7. The first-order valence-corrected chi connectivity index (χ1v) is 13.6. The van der Waals surface area contributed by atoms with Gasteiger partial charge in [-0.25, -0.2) is 14.2 Å². The molecule has 1 rings (SSSR count). The molecule has 9 heteroatoms. The van der Waals surface area contributed by atoms with Crippen molar-refractivity contribution in [2.45, 2.75) is 90.9 Å². The Labute approximate surface area is 197 Å². The van der Waals surface area contributed by atoms with E-state index in [4.69, 9.17) is 9.47 Å². The number of ether oxygens (including phenoxy) is 2. The van der Waals surface area contributed by atoms with Gasteiger partial charge in [-0.15, -0.1) is 0 Å². The van der Waals surface area contributed by atoms with E-state index >= 15 is 0 Å². The van der Waals surface area contributed by atoms with Crippen LogP contribution in [0.1, 0.15) is 112 Å². The van der Waals surface area contributed by atoms with E-state index in [0.29, 0.717) is 12.8 Å². The number of benzene rings is 1. The molecule has 0 atom stereocenters. The van der Waals surface area contributed by atoms with Crippen molar-refractivity contribution in [3.05, 3.63) is 29.3 Å². The predicted octanol–water partition coefficient (Wildman–Crippen LogP) is 6.19. The summed E-state index contributed by atoms with van der Waals surface area (Å²) in [4.78, 5) is 43.8. The first-order valence-electron chi connectivity index (χ1n) is 12.0. The van der Waals surface area contributed by atoms with Gasteiger partial charge < -0.3 is 14.0 Å². The van der Waals surface area contributed by atoms with E-state index in [1.54, 1.807) is 0 Å². The first kappa shape index (κ1) is 29.1. The molecule has 0 aliphatic rings. The lowest BCUT2D eigenvalue weighted by molar-refractivity contribution is 0.0448. The zero-order valence-electron chi connectivity index (χ0n) is 19.9. The molecule has 0 aliphatic heterocycles. The number of rotatable bonds is 18. The van der Waals surface area contributed by atoms with Crippen LogP contribution in [0.15, 0.2) is 18.2 Å². The fourth-order valence-corrected chi connectivity index (χ4v) is 3.77. The van der Waals surface area contributed by atoms with Crippen LogP contribution < -0.4 is 4.52 Å². The number of carbonyl (C=O) groups excluding carboxylic acids is 2. The third-order valence-electron chi connectivity index (χ3n) is 5.13. The molecule has 0 unspecified atom stereocenters. The van der Waals surface area contributed by atoms with E-state index in [2.05, 4.69) is 18.4 Å². The molecule has 1 aromatic carbocycles. The Morgan fingerprint density at radius 2 is 1.24 bits per heavy atom. The van der Waals surface area contributed by atoms with Gasteiger partial charge >= 0.3 is 19.8 Å². The summed E-state index contributed by atoms with van der Waals surface area (Å²) >= 11 is 0.